The lowest BCUT2D eigenvalue weighted by molar-refractivity contribution is 0.621. The molecule has 7 aromatic rings. The second-order valence-corrected chi connectivity index (χ2v) is 10.1. The quantitative estimate of drug-likeness (QED) is 0.234. The maximum atomic E-state index is 6.71. The van der Waals surface area contributed by atoms with Gasteiger partial charge in [-0.05, 0) is 54.0 Å². The zero-order valence-corrected chi connectivity index (χ0v) is 20.9. The van der Waals surface area contributed by atoms with Crippen LogP contribution in [0, 0.1) is 0 Å². The minimum Gasteiger partial charge on any atom is -0.440 e. The molecule has 5 aromatic carbocycles. The molecule has 2 aliphatic heterocycles. The van der Waals surface area contributed by atoms with Crippen molar-refractivity contribution in [2.45, 2.75) is 0 Å². The van der Waals surface area contributed by atoms with Gasteiger partial charge in [0.25, 0.3) is 6.71 Å². The first-order chi connectivity index (χ1) is 19.4. The predicted octanol–water partition coefficient (Wildman–Crippen LogP) is 7.26. The van der Waals surface area contributed by atoms with Crippen LogP contribution in [0.15, 0.2) is 136 Å². The third kappa shape index (κ3) is 2.74. The van der Waals surface area contributed by atoms with Gasteiger partial charge in [0.15, 0.2) is 0 Å². The lowest BCUT2D eigenvalue weighted by atomic mass is 9.33. The highest BCUT2D eigenvalue weighted by Gasteiger charge is 2.48. The zero-order valence-electron chi connectivity index (χ0n) is 20.9. The summed E-state index contributed by atoms with van der Waals surface area (Å²) in [6, 6.07) is 44.3. The minimum atomic E-state index is -0.0478. The van der Waals surface area contributed by atoms with Gasteiger partial charge in [0.2, 0.25) is 11.8 Å². The molecule has 0 radical (unpaired) electrons. The molecule has 182 valence electrons. The van der Waals surface area contributed by atoms with Gasteiger partial charge in [0.1, 0.15) is 11.2 Å². The molecule has 0 bridgehead atoms. The van der Waals surface area contributed by atoms with Crippen LogP contribution in [-0.2, 0) is 0 Å². The molecular formula is C34H21BN2O2. The van der Waals surface area contributed by atoms with Crippen molar-refractivity contribution in [1.29, 1.82) is 0 Å². The molecule has 9 rings (SSSR count). The molecule has 39 heavy (non-hydrogen) atoms. The summed E-state index contributed by atoms with van der Waals surface area (Å²) in [5, 5.41) is 2.26. The van der Waals surface area contributed by atoms with E-state index in [1.807, 2.05) is 12.1 Å². The fourth-order valence-electron chi connectivity index (χ4n) is 6.54. The SMILES string of the molecule is c1ccc(N2c3cccc4c3B(c3c2oc2ccccc32)c2c(oc3ccccc23)N4c2ccccc2)cc1. The van der Waals surface area contributed by atoms with Gasteiger partial charge in [-0.2, -0.15) is 0 Å². The van der Waals surface area contributed by atoms with E-state index in [9.17, 15) is 0 Å². The first kappa shape index (κ1) is 20.9. The first-order valence-corrected chi connectivity index (χ1v) is 13.2. The van der Waals surface area contributed by atoms with E-state index >= 15 is 0 Å². The van der Waals surface area contributed by atoms with Crippen LogP contribution in [-0.4, -0.2) is 6.71 Å². The van der Waals surface area contributed by atoms with E-state index in [1.165, 1.54) is 16.4 Å². The minimum absolute atomic E-state index is 0.0478. The van der Waals surface area contributed by atoms with Gasteiger partial charge >= 0.3 is 0 Å². The molecule has 0 aliphatic carbocycles. The number of fused-ring (bicyclic) bond motifs is 8. The Hall–Kier alpha value is -5.16. The lowest BCUT2D eigenvalue weighted by Gasteiger charge is -2.40. The fourth-order valence-corrected chi connectivity index (χ4v) is 6.54. The van der Waals surface area contributed by atoms with E-state index in [0.717, 1.165) is 56.5 Å². The monoisotopic (exact) mass is 500 g/mol. The van der Waals surface area contributed by atoms with E-state index in [-0.39, 0.29) is 6.71 Å². The van der Waals surface area contributed by atoms with Crippen molar-refractivity contribution in [3.05, 3.63) is 127 Å². The number of benzene rings is 5. The maximum Gasteiger partial charge on any atom is 0.262 e. The van der Waals surface area contributed by atoms with Gasteiger partial charge in [-0.15, -0.1) is 0 Å². The third-order valence-electron chi connectivity index (χ3n) is 8.07. The van der Waals surface area contributed by atoms with Crippen LogP contribution < -0.4 is 26.2 Å². The second-order valence-electron chi connectivity index (χ2n) is 10.1. The summed E-state index contributed by atoms with van der Waals surface area (Å²) in [4.78, 5) is 4.56. The van der Waals surface area contributed by atoms with Gasteiger partial charge in [-0.25, -0.2) is 0 Å². The molecule has 2 aliphatic rings. The number of rotatable bonds is 2. The molecule has 0 fully saturated rings. The average Bonchev–Trinajstić information content (AvgIpc) is 3.57. The Morgan fingerprint density at radius 3 is 1.33 bits per heavy atom. The molecule has 0 spiro atoms. The third-order valence-corrected chi connectivity index (χ3v) is 8.07. The van der Waals surface area contributed by atoms with Crippen molar-refractivity contribution < 1.29 is 8.83 Å². The van der Waals surface area contributed by atoms with Gasteiger partial charge in [0.05, 0.1) is 0 Å². The topological polar surface area (TPSA) is 32.8 Å². The van der Waals surface area contributed by atoms with Crippen molar-refractivity contribution in [2.24, 2.45) is 0 Å². The second kappa shape index (κ2) is 7.68. The largest absolute Gasteiger partial charge is 0.440 e. The molecule has 2 aromatic heterocycles. The number of para-hydroxylation sites is 4. The Labute approximate surface area is 225 Å². The Kier molecular flexibility index (Phi) is 4.11. The van der Waals surface area contributed by atoms with E-state index in [0.29, 0.717) is 0 Å². The van der Waals surface area contributed by atoms with Crippen LogP contribution in [0.1, 0.15) is 0 Å². The van der Waals surface area contributed by atoms with Crippen LogP contribution in [0.5, 0.6) is 0 Å². The molecule has 0 saturated heterocycles. The highest BCUT2D eigenvalue weighted by molar-refractivity contribution is 7.02. The van der Waals surface area contributed by atoms with Gasteiger partial charge in [-0.1, -0.05) is 78.9 Å². The average molecular weight is 500 g/mol. The summed E-state index contributed by atoms with van der Waals surface area (Å²) in [5.74, 6) is 1.72. The smallest absolute Gasteiger partial charge is 0.262 e. The normalized spacial score (nSPS) is 13.5. The van der Waals surface area contributed by atoms with E-state index < -0.39 is 0 Å². The molecule has 0 unspecified atom stereocenters. The van der Waals surface area contributed by atoms with Crippen LogP contribution in [0.2, 0.25) is 0 Å². The van der Waals surface area contributed by atoms with Crippen molar-refractivity contribution >= 4 is 79.6 Å². The Bertz CT molecular complexity index is 1900. The molecule has 5 heteroatoms. The molecule has 0 amide bonds. The highest BCUT2D eigenvalue weighted by Crippen LogP contribution is 2.46. The van der Waals surface area contributed by atoms with Gasteiger partial charge in [0, 0.05) is 44.4 Å². The number of hydrogen-bond donors (Lipinski definition) is 0. The predicted molar refractivity (Wildman–Crippen MR) is 160 cm³/mol. The Morgan fingerprint density at radius 2 is 0.846 bits per heavy atom. The van der Waals surface area contributed by atoms with Crippen LogP contribution in [0.4, 0.5) is 34.5 Å². The number of anilines is 6. The summed E-state index contributed by atoms with van der Waals surface area (Å²) < 4.78 is 13.4. The molecule has 4 nitrogen and oxygen atoms in total. The summed E-state index contributed by atoms with van der Waals surface area (Å²) in [6.07, 6.45) is 0. The van der Waals surface area contributed by atoms with Crippen molar-refractivity contribution in [2.75, 3.05) is 9.80 Å². The highest BCUT2D eigenvalue weighted by atomic mass is 16.4. The Morgan fingerprint density at radius 1 is 0.410 bits per heavy atom. The zero-order chi connectivity index (χ0) is 25.5. The van der Waals surface area contributed by atoms with E-state index in [2.05, 4.69) is 125 Å². The number of furan rings is 2. The fraction of sp³-hybridized carbons (Fsp3) is 0. The molecule has 4 heterocycles. The standard InChI is InChI=1S/C34H21BN2O2/c1-3-12-22(13-4-1)36-26-18-11-19-27-32(26)35(30-24-16-7-9-20-28(24)38-33(30)36)31-25-17-8-10-21-29(25)39-34(31)37(27)23-14-5-2-6-15-23/h1-21H. The van der Waals surface area contributed by atoms with Gasteiger partial charge < -0.3 is 8.83 Å². The number of hydrogen-bond acceptors (Lipinski definition) is 4. The summed E-state index contributed by atoms with van der Waals surface area (Å²) in [5.41, 5.74) is 9.75. The molecule has 0 N–H and O–H groups in total. The van der Waals surface area contributed by atoms with Crippen molar-refractivity contribution in [3.63, 3.8) is 0 Å². The van der Waals surface area contributed by atoms with E-state index in [4.69, 9.17) is 8.83 Å². The summed E-state index contributed by atoms with van der Waals surface area (Å²) in [7, 11) is 0. The van der Waals surface area contributed by atoms with Crippen LogP contribution >= 0.6 is 0 Å². The van der Waals surface area contributed by atoms with Crippen LogP contribution in [0.3, 0.4) is 0 Å². The van der Waals surface area contributed by atoms with Crippen LogP contribution in [0.25, 0.3) is 21.9 Å². The molecule has 0 saturated carbocycles. The summed E-state index contributed by atoms with van der Waals surface area (Å²) >= 11 is 0. The van der Waals surface area contributed by atoms with Crippen molar-refractivity contribution in [1.82, 2.24) is 0 Å². The number of nitrogens with zero attached hydrogens (tertiary/aromatic N) is 2. The molecule has 0 atom stereocenters. The van der Waals surface area contributed by atoms with E-state index in [1.54, 1.807) is 0 Å². The first-order valence-electron chi connectivity index (χ1n) is 13.2. The lowest BCUT2D eigenvalue weighted by Crippen LogP contribution is -2.60. The summed E-state index contributed by atoms with van der Waals surface area (Å²) in [6.45, 7) is -0.0478. The maximum absolute atomic E-state index is 6.71. The molecular weight excluding hydrogens is 479 g/mol. The van der Waals surface area contributed by atoms with Gasteiger partial charge in [-0.3, -0.25) is 9.80 Å². The Balaban J connectivity index is 1.46. The van der Waals surface area contributed by atoms with Crippen molar-refractivity contribution in [3.8, 4) is 0 Å².